The second-order valence-corrected chi connectivity index (χ2v) is 6.52. The molecule has 136 valence electrons. The van der Waals surface area contributed by atoms with E-state index in [0.717, 1.165) is 11.3 Å². The Morgan fingerprint density at radius 1 is 1.19 bits per heavy atom. The summed E-state index contributed by atoms with van der Waals surface area (Å²) in [7, 11) is 0. The van der Waals surface area contributed by atoms with Crippen molar-refractivity contribution in [2.75, 3.05) is 16.4 Å². The van der Waals surface area contributed by atoms with Crippen LogP contribution in [0.25, 0.3) is 4.85 Å². The van der Waals surface area contributed by atoms with E-state index in [9.17, 15) is 0 Å². The van der Waals surface area contributed by atoms with Crippen molar-refractivity contribution in [3.8, 4) is 0 Å². The predicted octanol–water partition coefficient (Wildman–Crippen LogP) is 3.52. The van der Waals surface area contributed by atoms with E-state index in [1.807, 2.05) is 25.1 Å². The first-order valence-corrected chi connectivity index (χ1v) is 8.68. The maximum Gasteiger partial charge on any atom is 0.235 e. The molecule has 1 aliphatic rings. The molecule has 0 amide bonds. The second kappa shape index (κ2) is 6.92. The maximum absolute atomic E-state index is 7.02. The van der Waals surface area contributed by atoms with Crippen LogP contribution in [-0.2, 0) is 0 Å². The summed E-state index contributed by atoms with van der Waals surface area (Å²) < 4.78 is 0. The Morgan fingerprint density at radius 2 is 1.93 bits per heavy atom. The van der Waals surface area contributed by atoms with E-state index < -0.39 is 0 Å². The van der Waals surface area contributed by atoms with Crippen molar-refractivity contribution in [3.05, 3.63) is 53.0 Å². The van der Waals surface area contributed by atoms with Gasteiger partial charge in [-0.15, -0.1) is 0 Å². The standard InChI is InChI=1S/C18H19N9/c1-10(11-5-7-13(20-2)8-6-11)21-17-23-16(19)24-18(25-17)22-15-9-14(26-27-15)12-3-4-12/h5-10,12H,3-4H2,1H3,(H5,19,21,22,23,24,25,26,27). The highest BCUT2D eigenvalue weighted by Gasteiger charge is 2.25. The minimum absolute atomic E-state index is 0.0636. The molecular weight excluding hydrogens is 342 g/mol. The average molecular weight is 361 g/mol. The van der Waals surface area contributed by atoms with Crippen molar-refractivity contribution in [3.63, 3.8) is 0 Å². The number of anilines is 4. The summed E-state index contributed by atoms with van der Waals surface area (Å²) in [4.78, 5) is 16.0. The molecule has 5 N–H and O–H groups in total. The molecule has 4 rings (SSSR count). The molecule has 0 saturated heterocycles. The van der Waals surface area contributed by atoms with Gasteiger partial charge in [0.05, 0.1) is 12.6 Å². The fraction of sp³-hybridized carbons (Fsp3) is 0.278. The van der Waals surface area contributed by atoms with Gasteiger partial charge in [-0.25, -0.2) is 4.85 Å². The van der Waals surface area contributed by atoms with Crippen LogP contribution in [-0.4, -0.2) is 25.1 Å². The Bertz CT molecular complexity index is 983. The number of nitrogen functional groups attached to an aromatic ring is 1. The van der Waals surface area contributed by atoms with Crippen LogP contribution in [0.3, 0.4) is 0 Å². The van der Waals surface area contributed by atoms with Crippen LogP contribution in [0.1, 0.15) is 43.0 Å². The van der Waals surface area contributed by atoms with Crippen LogP contribution >= 0.6 is 0 Å². The molecular formula is C18H19N9. The number of aromatic nitrogens is 5. The molecule has 1 saturated carbocycles. The first kappa shape index (κ1) is 16.8. The van der Waals surface area contributed by atoms with E-state index in [1.54, 1.807) is 12.1 Å². The third kappa shape index (κ3) is 3.95. The molecule has 0 bridgehead atoms. The third-order valence-electron chi connectivity index (χ3n) is 4.38. The highest BCUT2D eigenvalue weighted by atomic mass is 15.3. The Labute approximate surface area is 156 Å². The van der Waals surface area contributed by atoms with E-state index in [1.165, 1.54) is 12.8 Å². The molecule has 1 fully saturated rings. The predicted molar refractivity (Wildman–Crippen MR) is 103 cm³/mol. The zero-order chi connectivity index (χ0) is 18.8. The van der Waals surface area contributed by atoms with Gasteiger partial charge in [-0.1, -0.05) is 24.3 Å². The van der Waals surface area contributed by atoms with Gasteiger partial charge in [0.2, 0.25) is 17.8 Å². The monoisotopic (exact) mass is 361 g/mol. The van der Waals surface area contributed by atoms with Crippen LogP contribution in [0.2, 0.25) is 0 Å². The fourth-order valence-corrected chi connectivity index (χ4v) is 2.75. The first-order valence-electron chi connectivity index (χ1n) is 8.68. The normalized spacial score (nSPS) is 14.4. The van der Waals surface area contributed by atoms with E-state index in [2.05, 4.69) is 40.6 Å². The lowest BCUT2D eigenvalue weighted by molar-refractivity contribution is 0.857. The minimum Gasteiger partial charge on any atom is -0.368 e. The summed E-state index contributed by atoms with van der Waals surface area (Å²) in [6.07, 6.45) is 2.40. The molecule has 0 spiro atoms. The van der Waals surface area contributed by atoms with Gasteiger partial charge in [0.1, 0.15) is 0 Å². The van der Waals surface area contributed by atoms with Crippen molar-refractivity contribution in [2.24, 2.45) is 0 Å². The Kier molecular flexibility index (Phi) is 4.30. The van der Waals surface area contributed by atoms with Crippen LogP contribution < -0.4 is 16.4 Å². The molecule has 2 aromatic heterocycles. The largest absolute Gasteiger partial charge is 0.368 e. The van der Waals surface area contributed by atoms with Gasteiger partial charge in [-0.05, 0) is 25.3 Å². The quantitative estimate of drug-likeness (QED) is 0.495. The summed E-state index contributed by atoms with van der Waals surface area (Å²) in [6, 6.07) is 9.27. The fourth-order valence-electron chi connectivity index (χ4n) is 2.75. The summed E-state index contributed by atoms with van der Waals surface area (Å²) in [5.41, 5.74) is 8.56. The maximum atomic E-state index is 7.02. The van der Waals surface area contributed by atoms with Gasteiger partial charge in [0, 0.05) is 17.7 Å². The molecule has 2 heterocycles. The van der Waals surface area contributed by atoms with E-state index >= 15 is 0 Å². The van der Waals surface area contributed by atoms with Crippen molar-refractivity contribution >= 4 is 29.4 Å². The van der Waals surface area contributed by atoms with Crippen LogP contribution in [0.5, 0.6) is 0 Å². The first-order chi connectivity index (χ1) is 13.1. The highest BCUT2D eigenvalue weighted by Crippen LogP contribution is 2.39. The topological polar surface area (TPSA) is 122 Å². The molecule has 27 heavy (non-hydrogen) atoms. The van der Waals surface area contributed by atoms with Crippen molar-refractivity contribution in [2.45, 2.75) is 31.7 Å². The molecule has 9 nitrogen and oxygen atoms in total. The molecule has 3 aromatic rings. The minimum atomic E-state index is -0.0636. The number of hydrogen-bond acceptors (Lipinski definition) is 7. The van der Waals surface area contributed by atoms with Gasteiger partial charge in [-0.2, -0.15) is 20.1 Å². The van der Waals surface area contributed by atoms with Crippen molar-refractivity contribution in [1.82, 2.24) is 25.1 Å². The Balaban J connectivity index is 1.48. The molecule has 0 aliphatic heterocycles. The summed E-state index contributed by atoms with van der Waals surface area (Å²) in [6.45, 7) is 9.00. The smallest absolute Gasteiger partial charge is 0.235 e. The lowest BCUT2D eigenvalue weighted by Gasteiger charge is -2.15. The average Bonchev–Trinajstić information content (AvgIpc) is 3.41. The zero-order valence-electron chi connectivity index (χ0n) is 14.8. The van der Waals surface area contributed by atoms with Gasteiger partial charge in [0.25, 0.3) is 0 Å². The summed E-state index contributed by atoms with van der Waals surface area (Å²) in [5, 5.41) is 13.5. The van der Waals surface area contributed by atoms with Gasteiger partial charge < -0.3 is 16.4 Å². The number of nitrogens with two attached hydrogens (primary N) is 1. The lowest BCUT2D eigenvalue weighted by atomic mass is 10.1. The van der Waals surface area contributed by atoms with Crippen molar-refractivity contribution in [1.29, 1.82) is 0 Å². The molecule has 1 atom stereocenters. The molecule has 1 aromatic carbocycles. The van der Waals surface area contributed by atoms with Gasteiger partial charge in [-0.3, -0.25) is 5.10 Å². The third-order valence-corrected chi connectivity index (χ3v) is 4.38. The van der Waals surface area contributed by atoms with Crippen LogP contribution in [0, 0.1) is 6.57 Å². The lowest BCUT2D eigenvalue weighted by Crippen LogP contribution is -2.12. The number of nitrogens with one attached hydrogen (secondary N) is 3. The molecule has 0 radical (unpaired) electrons. The van der Waals surface area contributed by atoms with E-state index in [4.69, 9.17) is 12.3 Å². The number of aromatic amines is 1. The second-order valence-electron chi connectivity index (χ2n) is 6.52. The number of nitrogens with zero attached hydrogens (tertiary/aromatic N) is 5. The molecule has 1 aliphatic carbocycles. The highest BCUT2D eigenvalue weighted by molar-refractivity contribution is 5.52. The summed E-state index contributed by atoms with van der Waals surface area (Å²) in [5.74, 6) is 2.04. The van der Waals surface area contributed by atoms with Gasteiger partial charge >= 0.3 is 0 Å². The van der Waals surface area contributed by atoms with Crippen LogP contribution in [0.15, 0.2) is 30.3 Å². The van der Waals surface area contributed by atoms with Gasteiger partial charge in [0.15, 0.2) is 11.5 Å². The SMILES string of the molecule is [C-]#[N+]c1ccc(C(C)Nc2nc(N)nc(Nc3cc(C4CC4)[nH]n3)n2)cc1. The molecule has 9 heteroatoms. The Hall–Kier alpha value is -3.67. The number of benzene rings is 1. The van der Waals surface area contributed by atoms with E-state index in [-0.39, 0.29) is 12.0 Å². The van der Waals surface area contributed by atoms with E-state index in [0.29, 0.717) is 29.3 Å². The number of hydrogen-bond donors (Lipinski definition) is 4. The number of H-pyrrole nitrogens is 1. The summed E-state index contributed by atoms with van der Waals surface area (Å²) >= 11 is 0. The van der Waals surface area contributed by atoms with Crippen molar-refractivity contribution < 1.29 is 0 Å². The molecule has 1 unspecified atom stereocenters. The zero-order valence-corrected chi connectivity index (χ0v) is 14.8. The van der Waals surface area contributed by atoms with Crippen LogP contribution in [0.4, 0.5) is 29.4 Å². The Morgan fingerprint density at radius 3 is 2.63 bits per heavy atom. The number of rotatable bonds is 6.